The lowest BCUT2D eigenvalue weighted by atomic mass is 10.1. The van der Waals surface area contributed by atoms with Gasteiger partial charge in [-0.2, -0.15) is 0 Å². The second-order valence-electron chi connectivity index (χ2n) is 4.20. The van der Waals surface area contributed by atoms with Gasteiger partial charge in [0.2, 0.25) is 0 Å². The first-order chi connectivity index (χ1) is 9.40. The summed E-state index contributed by atoms with van der Waals surface area (Å²) in [7, 11) is -3.90. The highest BCUT2D eigenvalue weighted by Crippen LogP contribution is 2.15. The van der Waals surface area contributed by atoms with Crippen LogP contribution >= 0.6 is 11.6 Å². The Morgan fingerprint density at radius 1 is 1.05 bits per heavy atom. The number of benzene rings is 2. The molecule has 2 aromatic carbocycles. The van der Waals surface area contributed by atoms with Crippen molar-refractivity contribution in [3.8, 4) is 0 Å². The average molecular weight is 310 g/mol. The number of hydrogen-bond donors (Lipinski definition) is 1. The maximum absolute atomic E-state index is 12.1. The van der Waals surface area contributed by atoms with Crippen molar-refractivity contribution in [1.82, 2.24) is 4.72 Å². The van der Waals surface area contributed by atoms with E-state index in [1.165, 1.54) is 24.3 Å². The monoisotopic (exact) mass is 309 g/mol. The molecule has 0 unspecified atom stereocenters. The predicted octanol–water partition coefficient (Wildman–Crippen LogP) is 2.77. The minimum Gasteiger partial charge on any atom is -0.268 e. The molecule has 0 saturated heterocycles. The second kappa shape index (κ2) is 5.64. The lowest BCUT2D eigenvalue weighted by Gasteiger charge is -2.08. The SMILES string of the molecule is Cc1ccccc1C(=O)NS(=O)(=O)c1ccc(Cl)cc1. The fraction of sp³-hybridized carbons (Fsp3) is 0.0714. The smallest absolute Gasteiger partial charge is 0.265 e. The molecule has 0 atom stereocenters. The Morgan fingerprint density at radius 2 is 1.65 bits per heavy atom. The van der Waals surface area contributed by atoms with Crippen LogP contribution in [0.4, 0.5) is 0 Å². The van der Waals surface area contributed by atoms with E-state index in [1.54, 1.807) is 31.2 Å². The van der Waals surface area contributed by atoms with E-state index in [2.05, 4.69) is 0 Å². The molecular weight excluding hydrogens is 298 g/mol. The zero-order valence-electron chi connectivity index (χ0n) is 10.6. The number of nitrogens with one attached hydrogen (secondary N) is 1. The number of carbonyl (C=O) groups is 1. The van der Waals surface area contributed by atoms with Crippen molar-refractivity contribution < 1.29 is 13.2 Å². The van der Waals surface area contributed by atoms with Crippen molar-refractivity contribution in [3.63, 3.8) is 0 Å². The third-order valence-corrected chi connectivity index (χ3v) is 4.34. The molecule has 0 spiro atoms. The van der Waals surface area contributed by atoms with Gasteiger partial charge in [-0.1, -0.05) is 29.8 Å². The van der Waals surface area contributed by atoms with Crippen LogP contribution in [-0.2, 0) is 10.0 Å². The summed E-state index contributed by atoms with van der Waals surface area (Å²) in [5, 5.41) is 0.425. The number of hydrogen-bond acceptors (Lipinski definition) is 3. The molecule has 0 heterocycles. The van der Waals surface area contributed by atoms with Gasteiger partial charge in [0.15, 0.2) is 0 Å². The summed E-state index contributed by atoms with van der Waals surface area (Å²) in [4.78, 5) is 12.0. The van der Waals surface area contributed by atoms with Crippen molar-refractivity contribution in [2.45, 2.75) is 11.8 Å². The summed E-state index contributed by atoms with van der Waals surface area (Å²) in [6.45, 7) is 1.74. The van der Waals surface area contributed by atoms with Crippen molar-refractivity contribution in [1.29, 1.82) is 0 Å². The van der Waals surface area contributed by atoms with Crippen molar-refractivity contribution in [2.24, 2.45) is 0 Å². The summed E-state index contributed by atoms with van der Waals surface area (Å²) in [5.74, 6) is -0.655. The number of carbonyl (C=O) groups excluding carboxylic acids is 1. The van der Waals surface area contributed by atoms with Crippen LogP contribution in [0.15, 0.2) is 53.4 Å². The number of halogens is 1. The lowest BCUT2D eigenvalue weighted by molar-refractivity contribution is 0.0981. The van der Waals surface area contributed by atoms with Crippen LogP contribution < -0.4 is 4.72 Å². The molecule has 0 aliphatic rings. The Labute approximate surface area is 122 Å². The normalized spacial score (nSPS) is 11.1. The molecule has 20 heavy (non-hydrogen) atoms. The highest BCUT2D eigenvalue weighted by Gasteiger charge is 2.19. The Hall–Kier alpha value is -1.85. The van der Waals surface area contributed by atoms with Crippen LogP contribution in [0.2, 0.25) is 5.02 Å². The molecule has 2 rings (SSSR count). The van der Waals surface area contributed by atoms with Gasteiger partial charge in [0.25, 0.3) is 15.9 Å². The first-order valence-corrected chi connectivity index (χ1v) is 7.64. The molecular formula is C14H12ClNO3S. The maximum atomic E-state index is 12.1. The Bertz CT molecular complexity index is 739. The van der Waals surface area contributed by atoms with Crippen molar-refractivity contribution in [3.05, 3.63) is 64.7 Å². The van der Waals surface area contributed by atoms with Crippen LogP contribution in [0.1, 0.15) is 15.9 Å². The standard InChI is InChI=1S/C14H12ClNO3S/c1-10-4-2-3-5-13(10)14(17)16-20(18,19)12-8-6-11(15)7-9-12/h2-9H,1H3,(H,16,17). The summed E-state index contributed by atoms with van der Waals surface area (Å²) in [6.07, 6.45) is 0. The molecule has 0 fully saturated rings. The molecule has 0 saturated carbocycles. The van der Waals surface area contributed by atoms with E-state index in [9.17, 15) is 13.2 Å². The Balaban J connectivity index is 2.27. The molecule has 6 heteroatoms. The Morgan fingerprint density at radius 3 is 2.25 bits per heavy atom. The van der Waals surface area contributed by atoms with E-state index in [-0.39, 0.29) is 4.90 Å². The number of rotatable bonds is 3. The average Bonchev–Trinajstić information content (AvgIpc) is 2.39. The Kier molecular flexibility index (Phi) is 4.11. The number of aryl methyl sites for hydroxylation is 1. The van der Waals surface area contributed by atoms with E-state index >= 15 is 0 Å². The predicted molar refractivity (Wildman–Crippen MR) is 77.3 cm³/mol. The van der Waals surface area contributed by atoms with Crippen LogP contribution in [-0.4, -0.2) is 14.3 Å². The summed E-state index contributed by atoms with van der Waals surface area (Å²) in [5.41, 5.74) is 1.03. The summed E-state index contributed by atoms with van der Waals surface area (Å²) in [6, 6.07) is 12.4. The van der Waals surface area contributed by atoms with Gasteiger partial charge >= 0.3 is 0 Å². The van der Waals surface area contributed by atoms with Crippen LogP contribution in [0.3, 0.4) is 0 Å². The molecule has 0 bridgehead atoms. The largest absolute Gasteiger partial charge is 0.268 e. The van der Waals surface area contributed by atoms with Crippen LogP contribution in [0, 0.1) is 6.92 Å². The van der Waals surface area contributed by atoms with Gasteiger partial charge in [-0.05, 0) is 42.8 Å². The minimum absolute atomic E-state index is 0.0103. The summed E-state index contributed by atoms with van der Waals surface area (Å²) >= 11 is 5.70. The first-order valence-electron chi connectivity index (χ1n) is 5.78. The van der Waals surface area contributed by atoms with E-state index in [0.717, 1.165) is 0 Å². The van der Waals surface area contributed by atoms with Gasteiger partial charge < -0.3 is 0 Å². The fourth-order valence-electron chi connectivity index (χ4n) is 1.68. The molecule has 0 aliphatic heterocycles. The van der Waals surface area contributed by atoms with Gasteiger partial charge in [0.1, 0.15) is 0 Å². The highest BCUT2D eigenvalue weighted by molar-refractivity contribution is 7.90. The van der Waals surface area contributed by atoms with E-state index in [0.29, 0.717) is 16.1 Å². The molecule has 2 aromatic rings. The van der Waals surface area contributed by atoms with Crippen LogP contribution in [0.25, 0.3) is 0 Å². The van der Waals surface area contributed by atoms with Crippen molar-refractivity contribution in [2.75, 3.05) is 0 Å². The van der Waals surface area contributed by atoms with E-state index in [1.807, 2.05) is 4.72 Å². The highest BCUT2D eigenvalue weighted by atomic mass is 35.5. The third-order valence-electron chi connectivity index (χ3n) is 2.74. The van der Waals surface area contributed by atoms with E-state index < -0.39 is 15.9 Å². The third kappa shape index (κ3) is 3.18. The topological polar surface area (TPSA) is 63.2 Å². The van der Waals surface area contributed by atoms with Crippen molar-refractivity contribution >= 4 is 27.5 Å². The second-order valence-corrected chi connectivity index (χ2v) is 6.32. The molecule has 0 radical (unpaired) electrons. The molecule has 0 aliphatic carbocycles. The molecule has 1 N–H and O–H groups in total. The molecule has 1 amide bonds. The quantitative estimate of drug-likeness (QED) is 0.948. The molecule has 0 aromatic heterocycles. The maximum Gasteiger partial charge on any atom is 0.265 e. The minimum atomic E-state index is -3.90. The summed E-state index contributed by atoms with van der Waals surface area (Å²) < 4.78 is 26.2. The van der Waals surface area contributed by atoms with E-state index in [4.69, 9.17) is 11.6 Å². The first kappa shape index (κ1) is 14.6. The van der Waals surface area contributed by atoms with Gasteiger partial charge in [-0.3, -0.25) is 4.79 Å². The molecule has 4 nitrogen and oxygen atoms in total. The number of sulfonamides is 1. The van der Waals surface area contributed by atoms with Gasteiger partial charge in [0, 0.05) is 10.6 Å². The fourth-order valence-corrected chi connectivity index (χ4v) is 2.77. The van der Waals surface area contributed by atoms with Gasteiger partial charge in [-0.25, -0.2) is 13.1 Å². The lowest BCUT2D eigenvalue weighted by Crippen LogP contribution is -2.31. The van der Waals surface area contributed by atoms with Crippen LogP contribution in [0.5, 0.6) is 0 Å². The molecule has 104 valence electrons. The van der Waals surface area contributed by atoms with Gasteiger partial charge in [-0.15, -0.1) is 0 Å². The zero-order valence-corrected chi connectivity index (χ0v) is 12.2. The van der Waals surface area contributed by atoms with Gasteiger partial charge in [0.05, 0.1) is 4.90 Å². The number of amides is 1. The zero-order chi connectivity index (χ0) is 14.8.